The van der Waals surface area contributed by atoms with Gasteiger partial charge in [-0.1, -0.05) is 25.9 Å². The van der Waals surface area contributed by atoms with Gasteiger partial charge in [0.15, 0.2) is 11.9 Å². The molecular weight excluding hydrogens is 276 g/mol. The van der Waals surface area contributed by atoms with Gasteiger partial charge in [-0.15, -0.1) is 11.3 Å². The van der Waals surface area contributed by atoms with Crippen LogP contribution in [-0.2, 0) is 10.2 Å². The number of ether oxygens (including phenoxy) is 1. The lowest BCUT2D eigenvalue weighted by molar-refractivity contribution is 0.0270. The van der Waals surface area contributed by atoms with Crippen LogP contribution < -0.4 is 0 Å². The van der Waals surface area contributed by atoms with Crippen LogP contribution in [0.5, 0.6) is 0 Å². The van der Waals surface area contributed by atoms with E-state index in [4.69, 9.17) is 9.26 Å². The number of thiophene rings is 1. The fourth-order valence-corrected chi connectivity index (χ4v) is 2.36. The van der Waals surface area contributed by atoms with Gasteiger partial charge in [-0.25, -0.2) is 4.79 Å². The number of hydrogen-bond acceptors (Lipinski definition) is 6. The van der Waals surface area contributed by atoms with Crippen LogP contribution in [0.4, 0.5) is 0 Å². The summed E-state index contributed by atoms with van der Waals surface area (Å²) in [6, 6.07) is 1.89. The molecule has 0 aliphatic heterocycles. The van der Waals surface area contributed by atoms with Crippen molar-refractivity contribution >= 4 is 17.3 Å². The first-order valence-corrected chi connectivity index (χ1v) is 7.26. The minimum atomic E-state index is -0.562. The molecular formula is C14H18N2O3S. The van der Waals surface area contributed by atoms with E-state index in [1.165, 1.54) is 11.3 Å². The summed E-state index contributed by atoms with van der Waals surface area (Å²) >= 11 is 1.36. The molecule has 0 aliphatic carbocycles. The number of aryl methyl sites for hydroxylation is 1. The van der Waals surface area contributed by atoms with Crippen molar-refractivity contribution in [1.29, 1.82) is 0 Å². The third-order valence-corrected chi connectivity index (χ3v) is 3.79. The molecule has 0 radical (unpaired) electrons. The lowest BCUT2D eigenvalue weighted by Gasteiger charge is -2.11. The molecule has 0 aliphatic rings. The van der Waals surface area contributed by atoms with E-state index >= 15 is 0 Å². The van der Waals surface area contributed by atoms with Gasteiger partial charge in [0.1, 0.15) is 4.88 Å². The monoisotopic (exact) mass is 294 g/mol. The Morgan fingerprint density at radius 2 is 2.15 bits per heavy atom. The summed E-state index contributed by atoms with van der Waals surface area (Å²) in [5.41, 5.74) is 0.712. The highest BCUT2D eigenvalue weighted by molar-refractivity contribution is 7.12. The summed E-state index contributed by atoms with van der Waals surface area (Å²) in [5.74, 6) is 0.556. The normalized spacial score (nSPS) is 13.2. The molecule has 2 aromatic heterocycles. The largest absolute Gasteiger partial charge is 0.448 e. The van der Waals surface area contributed by atoms with Crippen LogP contribution in [0.3, 0.4) is 0 Å². The highest BCUT2D eigenvalue weighted by Gasteiger charge is 2.25. The van der Waals surface area contributed by atoms with E-state index in [0.29, 0.717) is 16.6 Å². The van der Waals surface area contributed by atoms with E-state index in [1.807, 2.05) is 39.1 Å². The fraction of sp³-hybridized carbons (Fsp3) is 0.500. The first-order chi connectivity index (χ1) is 9.29. The first-order valence-electron chi connectivity index (χ1n) is 6.38. The smallest absolute Gasteiger partial charge is 0.349 e. The van der Waals surface area contributed by atoms with Crippen molar-refractivity contribution in [2.24, 2.45) is 0 Å². The molecule has 2 heterocycles. The van der Waals surface area contributed by atoms with Gasteiger partial charge in [-0.2, -0.15) is 4.98 Å². The van der Waals surface area contributed by atoms with Gasteiger partial charge in [0.05, 0.1) is 0 Å². The lowest BCUT2D eigenvalue weighted by Crippen LogP contribution is -2.14. The Kier molecular flexibility index (Phi) is 3.94. The SMILES string of the molecule is Cc1ccsc1C(=O)OC(C)c1nc(C(C)(C)C)no1. The van der Waals surface area contributed by atoms with E-state index in [-0.39, 0.29) is 11.4 Å². The molecule has 0 saturated carbocycles. The van der Waals surface area contributed by atoms with Crippen molar-refractivity contribution in [2.75, 3.05) is 0 Å². The Morgan fingerprint density at radius 1 is 1.45 bits per heavy atom. The van der Waals surface area contributed by atoms with Crippen LogP contribution >= 0.6 is 11.3 Å². The Bertz CT molecular complexity index is 610. The van der Waals surface area contributed by atoms with Crippen molar-refractivity contribution in [1.82, 2.24) is 10.1 Å². The van der Waals surface area contributed by atoms with Crippen molar-refractivity contribution in [3.8, 4) is 0 Å². The molecule has 0 saturated heterocycles. The number of carbonyl (C=O) groups is 1. The molecule has 0 fully saturated rings. The summed E-state index contributed by atoms with van der Waals surface area (Å²) in [7, 11) is 0. The number of esters is 1. The highest BCUT2D eigenvalue weighted by atomic mass is 32.1. The Hall–Kier alpha value is -1.69. The van der Waals surface area contributed by atoms with Gasteiger partial charge in [-0.05, 0) is 30.9 Å². The van der Waals surface area contributed by atoms with E-state index in [0.717, 1.165) is 5.56 Å². The number of nitrogens with zero attached hydrogens (tertiary/aromatic N) is 2. The lowest BCUT2D eigenvalue weighted by atomic mass is 9.96. The maximum Gasteiger partial charge on any atom is 0.349 e. The van der Waals surface area contributed by atoms with E-state index in [2.05, 4.69) is 10.1 Å². The van der Waals surface area contributed by atoms with Crippen LogP contribution in [0, 0.1) is 6.92 Å². The Labute approximate surface area is 122 Å². The molecule has 2 rings (SSSR count). The molecule has 1 atom stereocenters. The van der Waals surface area contributed by atoms with Crippen molar-refractivity contribution in [3.05, 3.63) is 33.6 Å². The molecule has 2 aromatic rings. The molecule has 5 nitrogen and oxygen atoms in total. The summed E-state index contributed by atoms with van der Waals surface area (Å²) in [6.07, 6.45) is -0.562. The summed E-state index contributed by atoms with van der Waals surface area (Å²) in [6.45, 7) is 9.58. The van der Waals surface area contributed by atoms with Crippen molar-refractivity contribution < 1.29 is 14.1 Å². The molecule has 1 unspecified atom stereocenters. The van der Waals surface area contributed by atoms with Gasteiger partial charge in [0.2, 0.25) is 0 Å². The van der Waals surface area contributed by atoms with Gasteiger partial charge in [0, 0.05) is 5.41 Å². The summed E-state index contributed by atoms with van der Waals surface area (Å²) < 4.78 is 10.5. The predicted molar refractivity (Wildman–Crippen MR) is 75.9 cm³/mol. The van der Waals surface area contributed by atoms with Crippen LogP contribution in [0.1, 0.15) is 60.7 Å². The molecule has 0 spiro atoms. The van der Waals surface area contributed by atoms with Gasteiger partial charge in [0.25, 0.3) is 5.89 Å². The van der Waals surface area contributed by atoms with Crippen molar-refractivity contribution in [3.63, 3.8) is 0 Å². The Morgan fingerprint density at radius 3 is 2.65 bits per heavy atom. The third kappa shape index (κ3) is 3.07. The molecule has 20 heavy (non-hydrogen) atoms. The van der Waals surface area contributed by atoms with Crippen LogP contribution in [-0.4, -0.2) is 16.1 Å². The maximum atomic E-state index is 12.0. The van der Waals surface area contributed by atoms with Crippen LogP contribution in [0.25, 0.3) is 0 Å². The molecule has 6 heteroatoms. The second-order valence-corrected chi connectivity index (χ2v) is 6.60. The molecule has 108 valence electrons. The summed E-state index contributed by atoms with van der Waals surface area (Å²) in [5, 5.41) is 5.78. The molecule has 0 amide bonds. The zero-order valence-corrected chi connectivity index (χ0v) is 13.1. The predicted octanol–water partition coefficient (Wildman–Crippen LogP) is 3.66. The van der Waals surface area contributed by atoms with Crippen LogP contribution in [0.15, 0.2) is 16.0 Å². The van der Waals surface area contributed by atoms with E-state index < -0.39 is 6.10 Å². The Balaban J connectivity index is 2.09. The third-order valence-electron chi connectivity index (χ3n) is 2.79. The van der Waals surface area contributed by atoms with Gasteiger partial charge in [-0.3, -0.25) is 0 Å². The minimum Gasteiger partial charge on any atom is -0.448 e. The van der Waals surface area contributed by atoms with Crippen LogP contribution in [0.2, 0.25) is 0 Å². The zero-order chi connectivity index (χ0) is 14.9. The standard InChI is InChI=1S/C14H18N2O3S/c1-8-6-7-20-10(8)12(17)18-9(2)11-15-13(16-19-11)14(3,4)5/h6-7,9H,1-5H3. The number of aromatic nitrogens is 2. The average molecular weight is 294 g/mol. The quantitative estimate of drug-likeness (QED) is 0.808. The fourth-order valence-electron chi connectivity index (χ4n) is 1.55. The number of carbonyl (C=O) groups excluding carboxylic acids is 1. The minimum absolute atomic E-state index is 0.199. The van der Waals surface area contributed by atoms with Gasteiger partial charge < -0.3 is 9.26 Å². The van der Waals surface area contributed by atoms with E-state index in [9.17, 15) is 4.79 Å². The first kappa shape index (κ1) is 14.7. The highest BCUT2D eigenvalue weighted by Crippen LogP contribution is 2.24. The second kappa shape index (κ2) is 5.36. The molecule has 0 bridgehead atoms. The average Bonchev–Trinajstić information content (AvgIpc) is 2.95. The maximum absolute atomic E-state index is 12.0. The number of rotatable bonds is 3. The second-order valence-electron chi connectivity index (χ2n) is 5.69. The zero-order valence-electron chi connectivity index (χ0n) is 12.3. The van der Waals surface area contributed by atoms with Crippen molar-refractivity contribution in [2.45, 2.75) is 46.1 Å². The molecule has 0 aromatic carbocycles. The topological polar surface area (TPSA) is 65.2 Å². The molecule has 0 N–H and O–H groups in total. The van der Waals surface area contributed by atoms with Gasteiger partial charge >= 0.3 is 5.97 Å². The van der Waals surface area contributed by atoms with E-state index in [1.54, 1.807) is 6.92 Å². The number of hydrogen-bond donors (Lipinski definition) is 0. The summed E-state index contributed by atoms with van der Waals surface area (Å²) in [4.78, 5) is 16.9.